The van der Waals surface area contributed by atoms with Crippen molar-refractivity contribution in [2.75, 3.05) is 19.6 Å². The van der Waals surface area contributed by atoms with Gasteiger partial charge in [0.1, 0.15) is 6.29 Å². The maximum absolute atomic E-state index is 10.9. The van der Waals surface area contributed by atoms with Crippen molar-refractivity contribution in [1.82, 2.24) is 9.47 Å². The minimum Gasteiger partial charge on any atom is -0.321 e. The van der Waals surface area contributed by atoms with E-state index in [2.05, 4.69) is 28.3 Å². The molecule has 0 amide bonds. The Morgan fingerprint density at radius 1 is 1.04 bits per heavy atom. The number of hydrogen-bond acceptors (Lipinski definition) is 2. The normalized spacial score (nSPS) is 14.6. The minimum atomic E-state index is 0.718. The van der Waals surface area contributed by atoms with Crippen LogP contribution < -0.4 is 0 Å². The van der Waals surface area contributed by atoms with E-state index in [-0.39, 0.29) is 0 Å². The van der Waals surface area contributed by atoms with Gasteiger partial charge in [-0.15, -0.1) is 6.58 Å². The van der Waals surface area contributed by atoms with Gasteiger partial charge in [-0.25, -0.2) is 0 Å². The van der Waals surface area contributed by atoms with Gasteiger partial charge >= 0.3 is 0 Å². The second-order valence-corrected chi connectivity index (χ2v) is 7.25. The third-order valence-corrected chi connectivity index (χ3v) is 5.26. The molecule has 1 aliphatic rings. The van der Waals surface area contributed by atoms with Crippen molar-refractivity contribution in [1.29, 1.82) is 0 Å². The molecule has 0 N–H and O–H groups in total. The fourth-order valence-electron chi connectivity index (χ4n) is 3.77. The summed E-state index contributed by atoms with van der Waals surface area (Å²) in [6, 6.07) is 10.2. The van der Waals surface area contributed by atoms with Gasteiger partial charge in [0.25, 0.3) is 0 Å². The highest BCUT2D eigenvalue weighted by atomic mass is 16.1. The molecule has 1 aromatic carbocycles. The fraction of sp³-hybridized carbons (Fsp3) is 0.435. The summed E-state index contributed by atoms with van der Waals surface area (Å²) in [5.74, 6) is 0. The molecule has 0 aliphatic carbocycles. The zero-order chi connectivity index (χ0) is 18.2. The largest absolute Gasteiger partial charge is 0.321 e. The molecule has 26 heavy (non-hydrogen) atoms. The van der Waals surface area contributed by atoms with Crippen molar-refractivity contribution >= 4 is 6.29 Å². The summed E-state index contributed by atoms with van der Waals surface area (Å²) < 4.78 is 2.27. The van der Waals surface area contributed by atoms with Gasteiger partial charge in [0.2, 0.25) is 0 Å². The van der Waals surface area contributed by atoms with E-state index in [1.165, 1.54) is 56.6 Å². The summed E-state index contributed by atoms with van der Waals surface area (Å²) in [5, 5.41) is 0. The summed E-state index contributed by atoms with van der Waals surface area (Å²) >= 11 is 0. The van der Waals surface area contributed by atoms with E-state index in [1.54, 1.807) is 0 Å². The van der Waals surface area contributed by atoms with Crippen molar-refractivity contribution in [3.63, 3.8) is 0 Å². The lowest BCUT2D eigenvalue weighted by Crippen LogP contribution is -2.20. The molecule has 3 nitrogen and oxygen atoms in total. The van der Waals surface area contributed by atoms with Crippen molar-refractivity contribution in [2.45, 2.75) is 44.9 Å². The Morgan fingerprint density at radius 3 is 2.50 bits per heavy atom. The molecule has 0 saturated carbocycles. The molecule has 0 radical (unpaired) electrons. The van der Waals surface area contributed by atoms with Crippen LogP contribution in [0.4, 0.5) is 0 Å². The molecule has 0 atom stereocenters. The predicted molar refractivity (Wildman–Crippen MR) is 108 cm³/mol. The second kappa shape index (κ2) is 9.54. The number of aryl methyl sites for hydroxylation is 2. The van der Waals surface area contributed by atoms with Gasteiger partial charge in [-0.2, -0.15) is 0 Å². The first-order valence-electron chi connectivity index (χ1n) is 9.89. The van der Waals surface area contributed by atoms with Crippen LogP contribution >= 0.6 is 0 Å². The molecule has 1 saturated heterocycles. The van der Waals surface area contributed by atoms with Crippen LogP contribution in [0.3, 0.4) is 0 Å². The van der Waals surface area contributed by atoms with E-state index in [1.807, 2.05) is 30.3 Å². The number of hydrogen-bond donors (Lipinski definition) is 0. The Morgan fingerprint density at radius 2 is 1.81 bits per heavy atom. The Bertz CT molecular complexity index is 708. The predicted octanol–water partition coefficient (Wildman–Crippen LogP) is 4.83. The molecule has 0 spiro atoms. The summed E-state index contributed by atoms with van der Waals surface area (Å²) in [7, 11) is 0. The molecule has 3 heteroatoms. The Labute approximate surface area is 157 Å². The third kappa shape index (κ3) is 4.95. The average Bonchev–Trinajstić information content (AvgIpc) is 3.33. The molecule has 1 aromatic heterocycles. The van der Waals surface area contributed by atoms with Crippen LogP contribution in [0.1, 0.15) is 53.7 Å². The minimum absolute atomic E-state index is 0.718. The Balaban J connectivity index is 1.64. The number of allylic oxidation sites excluding steroid dienone is 1. The Hall–Kier alpha value is -2.13. The van der Waals surface area contributed by atoms with Gasteiger partial charge < -0.3 is 9.47 Å². The molecule has 1 fully saturated rings. The fourth-order valence-corrected chi connectivity index (χ4v) is 3.77. The van der Waals surface area contributed by atoms with Crippen LogP contribution in [-0.2, 0) is 12.8 Å². The number of benzene rings is 1. The van der Waals surface area contributed by atoms with Gasteiger partial charge in [-0.3, -0.25) is 4.79 Å². The van der Waals surface area contributed by atoms with E-state index in [9.17, 15) is 4.79 Å². The summed E-state index contributed by atoms with van der Waals surface area (Å²) in [5.41, 5.74) is 4.57. The highest BCUT2D eigenvalue weighted by Gasteiger charge is 2.11. The highest BCUT2D eigenvalue weighted by Crippen LogP contribution is 2.20. The van der Waals surface area contributed by atoms with E-state index in [0.29, 0.717) is 0 Å². The summed E-state index contributed by atoms with van der Waals surface area (Å²) in [6.45, 7) is 7.68. The SMILES string of the molecule is C=CCCc1cc(CCCCN2CCCC2)cn1-c1ccc(C=O)cc1. The van der Waals surface area contributed by atoms with Crippen molar-refractivity contribution in [3.05, 3.63) is 66.0 Å². The van der Waals surface area contributed by atoms with Gasteiger partial charge in [-0.05, 0) is 100 Å². The third-order valence-electron chi connectivity index (χ3n) is 5.26. The molecule has 2 heterocycles. The first kappa shape index (κ1) is 18.7. The van der Waals surface area contributed by atoms with Gasteiger partial charge in [0.15, 0.2) is 0 Å². The van der Waals surface area contributed by atoms with E-state index in [4.69, 9.17) is 0 Å². The molecule has 1 aliphatic heterocycles. The molecule has 3 rings (SSSR count). The van der Waals surface area contributed by atoms with Crippen LogP contribution in [-0.4, -0.2) is 35.4 Å². The van der Waals surface area contributed by atoms with Crippen LogP contribution in [0.25, 0.3) is 5.69 Å². The van der Waals surface area contributed by atoms with Gasteiger partial charge in [0, 0.05) is 23.1 Å². The molecule has 0 unspecified atom stereocenters. The highest BCUT2D eigenvalue weighted by molar-refractivity contribution is 5.75. The zero-order valence-corrected chi connectivity index (χ0v) is 15.7. The van der Waals surface area contributed by atoms with Crippen molar-refractivity contribution in [2.24, 2.45) is 0 Å². The molecular weight excluding hydrogens is 320 g/mol. The first-order chi connectivity index (χ1) is 12.8. The van der Waals surface area contributed by atoms with Gasteiger partial charge in [-0.1, -0.05) is 6.08 Å². The number of carbonyl (C=O) groups is 1. The average molecular weight is 351 g/mol. The van der Waals surface area contributed by atoms with E-state index < -0.39 is 0 Å². The van der Waals surface area contributed by atoms with Crippen LogP contribution in [0.15, 0.2) is 49.2 Å². The summed E-state index contributed by atoms with van der Waals surface area (Å²) in [6.07, 6.45) is 13.5. The van der Waals surface area contributed by atoms with Crippen LogP contribution in [0.5, 0.6) is 0 Å². The zero-order valence-electron chi connectivity index (χ0n) is 15.7. The van der Waals surface area contributed by atoms with E-state index in [0.717, 1.165) is 36.8 Å². The number of rotatable bonds is 10. The van der Waals surface area contributed by atoms with Crippen LogP contribution in [0.2, 0.25) is 0 Å². The van der Waals surface area contributed by atoms with E-state index >= 15 is 0 Å². The first-order valence-corrected chi connectivity index (χ1v) is 9.89. The summed E-state index contributed by atoms with van der Waals surface area (Å²) in [4.78, 5) is 13.5. The maximum atomic E-state index is 10.9. The molecular formula is C23H30N2O. The number of aldehydes is 1. The lowest BCUT2D eigenvalue weighted by atomic mass is 10.1. The van der Waals surface area contributed by atoms with Gasteiger partial charge in [0.05, 0.1) is 0 Å². The number of unbranched alkanes of at least 4 members (excludes halogenated alkanes) is 1. The van der Waals surface area contributed by atoms with Crippen molar-refractivity contribution < 1.29 is 4.79 Å². The monoisotopic (exact) mass is 350 g/mol. The molecule has 138 valence electrons. The van der Waals surface area contributed by atoms with Crippen LogP contribution in [0, 0.1) is 0 Å². The number of aromatic nitrogens is 1. The Kier molecular flexibility index (Phi) is 6.84. The maximum Gasteiger partial charge on any atom is 0.150 e. The molecule has 2 aromatic rings. The molecule has 0 bridgehead atoms. The smallest absolute Gasteiger partial charge is 0.150 e. The second-order valence-electron chi connectivity index (χ2n) is 7.25. The topological polar surface area (TPSA) is 25.2 Å². The lowest BCUT2D eigenvalue weighted by Gasteiger charge is -2.13. The quantitative estimate of drug-likeness (QED) is 0.348. The number of nitrogens with zero attached hydrogens (tertiary/aromatic N) is 2. The number of likely N-dealkylation sites (tertiary alicyclic amines) is 1. The van der Waals surface area contributed by atoms with Crippen molar-refractivity contribution in [3.8, 4) is 5.69 Å². The number of carbonyl (C=O) groups excluding carboxylic acids is 1. The lowest BCUT2D eigenvalue weighted by molar-refractivity contribution is 0.112. The standard InChI is InChI=1S/C23H30N2O/c1-2-3-9-23-17-21(8-4-5-14-24-15-6-7-16-24)18-25(23)22-12-10-20(19-26)11-13-22/h2,10-13,17-19H,1,3-9,14-16H2.